The van der Waals surface area contributed by atoms with Gasteiger partial charge >= 0.3 is 12.3 Å². The smallest absolute Gasteiger partial charge is 0.417 e. The van der Waals surface area contributed by atoms with Gasteiger partial charge in [-0.1, -0.05) is 18.2 Å². The molecule has 3 rings (SSSR count). The van der Waals surface area contributed by atoms with E-state index in [1.807, 2.05) is 6.08 Å². The molecule has 0 fully saturated rings. The summed E-state index contributed by atoms with van der Waals surface area (Å²) in [5.74, 6) is 1.79. The van der Waals surface area contributed by atoms with Gasteiger partial charge in [-0.15, -0.1) is 0 Å². The maximum atomic E-state index is 12.7. The van der Waals surface area contributed by atoms with Crippen molar-refractivity contribution in [3.05, 3.63) is 71.3 Å². The Morgan fingerprint density at radius 2 is 1.33 bits per heavy atom. The van der Waals surface area contributed by atoms with E-state index in [2.05, 4.69) is 5.32 Å². The largest absolute Gasteiger partial charge is 0.495 e. The number of carbonyl (C=O) groups excluding carboxylic acids is 1. The van der Waals surface area contributed by atoms with Gasteiger partial charge in [0.05, 0.1) is 39.7 Å². The standard InChI is InChI=1S/C26H24F3NO6/c1-32-21-12-7-16(5-6-17-14-22(33-2)24(35-4)23(15-17)34-3)13-20(21)30-25(31)36-19-10-8-18(9-11-19)26(27,28)29/h5-15H,1-4H3,(H,30,31)/b6-5-. The lowest BCUT2D eigenvalue weighted by molar-refractivity contribution is -0.137. The van der Waals surface area contributed by atoms with Crippen LogP contribution in [0.2, 0.25) is 0 Å². The van der Waals surface area contributed by atoms with Crippen molar-refractivity contribution in [2.45, 2.75) is 6.18 Å². The van der Waals surface area contributed by atoms with Crippen LogP contribution < -0.4 is 29.0 Å². The normalized spacial score (nSPS) is 11.2. The first-order valence-corrected chi connectivity index (χ1v) is 10.5. The summed E-state index contributed by atoms with van der Waals surface area (Å²) in [6.45, 7) is 0. The number of hydrogen-bond acceptors (Lipinski definition) is 6. The van der Waals surface area contributed by atoms with Crippen LogP contribution in [0.5, 0.6) is 28.7 Å². The Balaban J connectivity index is 1.78. The molecule has 0 aliphatic carbocycles. The minimum Gasteiger partial charge on any atom is -0.495 e. The lowest BCUT2D eigenvalue weighted by Crippen LogP contribution is -2.17. The van der Waals surface area contributed by atoms with Crippen molar-refractivity contribution in [3.8, 4) is 28.7 Å². The molecular formula is C26H24F3NO6. The van der Waals surface area contributed by atoms with Crippen LogP contribution >= 0.6 is 0 Å². The highest BCUT2D eigenvalue weighted by atomic mass is 19.4. The highest BCUT2D eigenvalue weighted by Crippen LogP contribution is 2.39. The maximum Gasteiger partial charge on any atom is 0.417 e. The van der Waals surface area contributed by atoms with Crippen molar-refractivity contribution in [1.29, 1.82) is 0 Å². The summed E-state index contributed by atoms with van der Waals surface area (Å²) in [6.07, 6.45) is -1.76. The number of carbonyl (C=O) groups is 1. The number of hydrogen-bond donors (Lipinski definition) is 1. The number of benzene rings is 3. The molecule has 0 atom stereocenters. The molecule has 3 aromatic rings. The highest BCUT2D eigenvalue weighted by molar-refractivity contribution is 5.89. The zero-order valence-corrected chi connectivity index (χ0v) is 19.9. The van der Waals surface area contributed by atoms with Crippen LogP contribution in [0.15, 0.2) is 54.6 Å². The van der Waals surface area contributed by atoms with E-state index in [0.29, 0.717) is 28.7 Å². The summed E-state index contributed by atoms with van der Waals surface area (Å²) in [5.41, 5.74) is 0.955. The van der Waals surface area contributed by atoms with Crippen molar-refractivity contribution in [1.82, 2.24) is 0 Å². The predicted octanol–water partition coefficient (Wildman–Crippen LogP) is 6.52. The van der Waals surface area contributed by atoms with Gasteiger partial charge < -0.3 is 23.7 Å². The molecule has 36 heavy (non-hydrogen) atoms. The molecule has 7 nitrogen and oxygen atoms in total. The van der Waals surface area contributed by atoms with Gasteiger partial charge in [0.2, 0.25) is 5.75 Å². The molecular weight excluding hydrogens is 479 g/mol. The van der Waals surface area contributed by atoms with E-state index < -0.39 is 17.8 Å². The number of alkyl halides is 3. The van der Waals surface area contributed by atoms with Crippen molar-refractivity contribution in [2.24, 2.45) is 0 Å². The fourth-order valence-corrected chi connectivity index (χ4v) is 3.27. The lowest BCUT2D eigenvalue weighted by Gasteiger charge is -2.13. The monoisotopic (exact) mass is 503 g/mol. The molecule has 0 spiro atoms. The van der Waals surface area contributed by atoms with Gasteiger partial charge in [0.15, 0.2) is 11.5 Å². The molecule has 0 aliphatic heterocycles. The Labute approximate surface area is 206 Å². The first kappa shape index (κ1) is 26.3. The minimum absolute atomic E-state index is 0.0436. The predicted molar refractivity (Wildman–Crippen MR) is 129 cm³/mol. The molecule has 10 heteroatoms. The van der Waals surface area contributed by atoms with Crippen LogP contribution in [-0.4, -0.2) is 34.5 Å². The number of amides is 1. The first-order valence-electron chi connectivity index (χ1n) is 10.5. The molecule has 0 radical (unpaired) electrons. The quantitative estimate of drug-likeness (QED) is 0.353. The summed E-state index contributed by atoms with van der Waals surface area (Å²) in [6, 6.07) is 12.4. The molecule has 190 valence electrons. The molecule has 0 bridgehead atoms. The van der Waals surface area contributed by atoms with Gasteiger partial charge in [-0.2, -0.15) is 13.2 Å². The summed E-state index contributed by atoms with van der Waals surface area (Å²) in [7, 11) is 6.00. The first-order chi connectivity index (χ1) is 17.2. The highest BCUT2D eigenvalue weighted by Gasteiger charge is 2.30. The van der Waals surface area contributed by atoms with Gasteiger partial charge in [0.1, 0.15) is 11.5 Å². The van der Waals surface area contributed by atoms with Crippen LogP contribution in [0.25, 0.3) is 12.2 Å². The topological polar surface area (TPSA) is 75.3 Å². The average Bonchev–Trinajstić information content (AvgIpc) is 2.86. The van der Waals surface area contributed by atoms with Crippen LogP contribution in [0, 0.1) is 0 Å². The summed E-state index contributed by atoms with van der Waals surface area (Å²) in [5, 5.41) is 2.55. The molecule has 3 aromatic carbocycles. The fraction of sp³-hybridized carbons (Fsp3) is 0.192. The third-order valence-corrected chi connectivity index (χ3v) is 5.01. The van der Waals surface area contributed by atoms with Gasteiger partial charge in [-0.25, -0.2) is 4.79 Å². The molecule has 0 heterocycles. The molecule has 0 saturated carbocycles. The number of anilines is 1. The Morgan fingerprint density at radius 1 is 0.750 bits per heavy atom. The van der Waals surface area contributed by atoms with Crippen molar-refractivity contribution in [3.63, 3.8) is 0 Å². The second-order valence-electron chi connectivity index (χ2n) is 7.29. The lowest BCUT2D eigenvalue weighted by atomic mass is 10.1. The van der Waals surface area contributed by atoms with Gasteiger partial charge in [-0.3, -0.25) is 5.32 Å². The third kappa shape index (κ3) is 6.41. The SMILES string of the molecule is COc1ccc(/C=C\c2cc(OC)c(OC)c(OC)c2)cc1NC(=O)Oc1ccc(C(F)(F)F)cc1. The molecule has 1 N–H and O–H groups in total. The molecule has 0 aliphatic rings. The van der Waals surface area contributed by atoms with Gasteiger partial charge in [-0.05, 0) is 59.7 Å². The van der Waals surface area contributed by atoms with Crippen molar-refractivity contribution >= 4 is 23.9 Å². The summed E-state index contributed by atoms with van der Waals surface area (Å²) in [4.78, 5) is 12.4. The molecule has 1 amide bonds. The molecule has 0 aromatic heterocycles. The van der Waals surface area contributed by atoms with E-state index in [1.165, 1.54) is 28.4 Å². The van der Waals surface area contributed by atoms with Crippen molar-refractivity contribution < 1.29 is 41.7 Å². The number of nitrogens with one attached hydrogen (secondary N) is 1. The van der Waals surface area contributed by atoms with E-state index in [0.717, 1.165) is 35.4 Å². The Bertz CT molecular complexity index is 1210. The minimum atomic E-state index is -4.48. The van der Waals surface area contributed by atoms with Crippen molar-refractivity contribution in [2.75, 3.05) is 33.8 Å². The number of halogens is 3. The molecule has 0 saturated heterocycles. The van der Waals surface area contributed by atoms with E-state index in [-0.39, 0.29) is 5.75 Å². The second-order valence-corrected chi connectivity index (χ2v) is 7.29. The third-order valence-electron chi connectivity index (χ3n) is 5.01. The van der Waals surface area contributed by atoms with E-state index in [1.54, 1.807) is 36.4 Å². The zero-order valence-electron chi connectivity index (χ0n) is 19.9. The Hall–Kier alpha value is -4.34. The maximum absolute atomic E-state index is 12.7. The second kappa shape index (κ2) is 11.4. The van der Waals surface area contributed by atoms with Crippen LogP contribution in [0.3, 0.4) is 0 Å². The number of rotatable bonds is 8. The van der Waals surface area contributed by atoms with E-state index >= 15 is 0 Å². The summed E-state index contributed by atoms with van der Waals surface area (Å²) < 4.78 is 64.6. The fourth-order valence-electron chi connectivity index (χ4n) is 3.27. The van der Waals surface area contributed by atoms with Crippen LogP contribution in [0.1, 0.15) is 16.7 Å². The number of methoxy groups -OCH3 is 4. The zero-order chi connectivity index (χ0) is 26.3. The number of ether oxygens (including phenoxy) is 5. The Morgan fingerprint density at radius 3 is 1.86 bits per heavy atom. The van der Waals surface area contributed by atoms with Crippen LogP contribution in [0.4, 0.5) is 23.7 Å². The van der Waals surface area contributed by atoms with Crippen LogP contribution in [-0.2, 0) is 6.18 Å². The Kier molecular flexibility index (Phi) is 8.31. The molecule has 0 unspecified atom stereocenters. The van der Waals surface area contributed by atoms with E-state index in [4.69, 9.17) is 23.7 Å². The van der Waals surface area contributed by atoms with Gasteiger partial charge in [0, 0.05) is 0 Å². The average molecular weight is 503 g/mol. The van der Waals surface area contributed by atoms with Gasteiger partial charge in [0.25, 0.3) is 0 Å². The van der Waals surface area contributed by atoms with E-state index in [9.17, 15) is 18.0 Å². The summed E-state index contributed by atoms with van der Waals surface area (Å²) >= 11 is 0.